The number of halogens is 4. The van der Waals surface area contributed by atoms with Crippen LogP contribution in [-0.2, 0) is 11.0 Å². The Hall–Kier alpha value is -1.85. The van der Waals surface area contributed by atoms with Crippen molar-refractivity contribution >= 4 is 5.97 Å². The summed E-state index contributed by atoms with van der Waals surface area (Å²) in [6.07, 6.45) is -4.67. The first-order chi connectivity index (χ1) is 7.32. The van der Waals surface area contributed by atoms with Crippen LogP contribution in [0.3, 0.4) is 0 Å². The lowest BCUT2D eigenvalue weighted by atomic mass is 10.2. The normalized spacial score (nSPS) is 11.0. The van der Waals surface area contributed by atoms with Gasteiger partial charge < -0.3 is 4.74 Å². The van der Waals surface area contributed by atoms with Gasteiger partial charge in [-0.3, -0.25) is 0 Å². The Morgan fingerprint density at radius 3 is 2.31 bits per heavy atom. The number of carbonyl (C=O) groups excluding carboxylic acids is 1. The zero-order valence-corrected chi connectivity index (χ0v) is 7.84. The van der Waals surface area contributed by atoms with E-state index in [9.17, 15) is 22.4 Å². The minimum atomic E-state index is -4.67. The zero-order chi connectivity index (χ0) is 12.3. The van der Waals surface area contributed by atoms with Crippen molar-refractivity contribution in [2.45, 2.75) is 6.18 Å². The Morgan fingerprint density at radius 1 is 1.25 bits per heavy atom. The second kappa shape index (κ2) is 4.34. The quantitative estimate of drug-likeness (QED) is 0.340. The smallest absolute Gasteiger partial charge is 0.419 e. The average Bonchev–Trinajstić information content (AvgIpc) is 2.16. The Kier molecular flexibility index (Phi) is 3.31. The van der Waals surface area contributed by atoms with Crippen LogP contribution < -0.4 is 4.74 Å². The van der Waals surface area contributed by atoms with Gasteiger partial charge in [-0.15, -0.1) is 0 Å². The molecule has 0 aromatic heterocycles. The van der Waals surface area contributed by atoms with Crippen LogP contribution in [-0.4, -0.2) is 5.97 Å². The van der Waals surface area contributed by atoms with Crippen molar-refractivity contribution in [3.05, 3.63) is 42.2 Å². The highest BCUT2D eigenvalue weighted by molar-refractivity contribution is 5.87. The molecule has 1 rings (SSSR count). The van der Waals surface area contributed by atoms with Crippen LogP contribution in [0.4, 0.5) is 17.6 Å². The fourth-order valence-corrected chi connectivity index (χ4v) is 0.945. The predicted molar refractivity (Wildman–Crippen MR) is 47.3 cm³/mol. The first-order valence-electron chi connectivity index (χ1n) is 4.05. The van der Waals surface area contributed by atoms with Crippen LogP contribution in [0.25, 0.3) is 0 Å². The van der Waals surface area contributed by atoms with Gasteiger partial charge in [0.15, 0.2) is 0 Å². The molecule has 0 atom stereocenters. The first kappa shape index (κ1) is 12.2. The van der Waals surface area contributed by atoms with E-state index in [0.717, 1.165) is 18.2 Å². The minimum absolute atomic E-state index is 0.726. The van der Waals surface area contributed by atoms with E-state index >= 15 is 0 Å². The maximum absolute atomic E-state index is 12.4. The summed E-state index contributed by atoms with van der Waals surface area (Å²) in [6.45, 7) is 2.62. The van der Waals surface area contributed by atoms with Gasteiger partial charge in [-0.25, -0.2) is 4.79 Å². The molecule has 0 unspecified atom stereocenters. The van der Waals surface area contributed by atoms with Gasteiger partial charge in [0.25, 0.3) is 0 Å². The van der Waals surface area contributed by atoms with E-state index in [1.807, 2.05) is 0 Å². The molecule has 0 aliphatic rings. The molecule has 0 spiro atoms. The first-order valence-corrected chi connectivity index (χ1v) is 4.05. The number of hydrogen-bond acceptors (Lipinski definition) is 2. The average molecular weight is 234 g/mol. The van der Waals surface area contributed by atoms with Crippen molar-refractivity contribution < 1.29 is 27.1 Å². The van der Waals surface area contributed by atoms with Gasteiger partial charge in [-0.1, -0.05) is 18.7 Å². The topological polar surface area (TPSA) is 26.3 Å². The standard InChI is InChI=1S/C10H6F4O2/c1-6(11)9(15)16-8-5-3-2-4-7(8)10(12,13)14/h2-5H,1H2. The Balaban J connectivity index is 3.05. The monoisotopic (exact) mass is 234 g/mol. The third kappa shape index (κ3) is 2.82. The number of rotatable bonds is 2. The molecule has 0 saturated heterocycles. The summed E-state index contributed by atoms with van der Waals surface area (Å²) >= 11 is 0. The SMILES string of the molecule is C=C(F)C(=O)Oc1ccccc1C(F)(F)F. The maximum atomic E-state index is 12.4. The van der Waals surface area contributed by atoms with E-state index in [1.165, 1.54) is 6.07 Å². The number of carbonyl (C=O) groups is 1. The van der Waals surface area contributed by atoms with Crippen LogP contribution in [0, 0.1) is 0 Å². The van der Waals surface area contributed by atoms with Crippen LogP contribution in [0.2, 0.25) is 0 Å². The Labute approximate surface area is 88.1 Å². The van der Waals surface area contributed by atoms with Crippen molar-refractivity contribution in [3.8, 4) is 5.75 Å². The number of para-hydroxylation sites is 1. The molecule has 0 aliphatic heterocycles. The molecular formula is C10H6F4O2. The molecule has 1 aromatic rings. The second-order valence-electron chi connectivity index (χ2n) is 2.79. The lowest BCUT2D eigenvalue weighted by Crippen LogP contribution is -2.13. The third-order valence-electron chi connectivity index (χ3n) is 1.62. The number of hydrogen-bond donors (Lipinski definition) is 0. The molecule has 0 N–H and O–H groups in total. The lowest BCUT2D eigenvalue weighted by molar-refractivity contribution is -0.141. The molecular weight excluding hydrogens is 228 g/mol. The van der Waals surface area contributed by atoms with E-state index in [0.29, 0.717) is 0 Å². The van der Waals surface area contributed by atoms with Gasteiger partial charge in [0.1, 0.15) is 5.75 Å². The van der Waals surface area contributed by atoms with Crippen molar-refractivity contribution in [3.63, 3.8) is 0 Å². The summed E-state index contributed by atoms with van der Waals surface area (Å²) in [5.41, 5.74) is -1.15. The zero-order valence-electron chi connectivity index (χ0n) is 7.84. The van der Waals surface area contributed by atoms with Crippen LogP contribution in [0.15, 0.2) is 36.7 Å². The molecule has 2 nitrogen and oxygen atoms in total. The molecule has 0 radical (unpaired) electrons. The molecule has 0 aliphatic carbocycles. The van der Waals surface area contributed by atoms with Gasteiger partial charge in [0, 0.05) is 0 Å². The van der Waals surface area contributed by atoms with Crippen molar-refractivity contribution in [1.29, 1.82) is 0 Å². The van der Waals surface area contributed by atoms with E-state index in [1.54, 1.807) is 0 Å². The molecule has 0 saturated carbocycles. The third-order valence-corrected chi connectivity index (χ3v) is 1.62. The predicted octanol–water partition coefficient (Wildman–Crippen LogP) is 3.09. The number of esters is 1. The Morgan fingerprint density at radius 2 is 1.81 bits per heavy atom. The van der Waals surface area contributed by atoms with Gasteiger partial charge >= 0.3 is 12.1 Å². The fourth-order valence-electron chi connectivity index (χ4n) is 0.945. The highest BCUT2D eigenvalue weighted by atomic mass is 19.4. The summed E-state index contributed by atoms with van der Waals surface area (Å²) in [7, 11) is 0. The van der Waals surface area contributed by atoms with Crippen LogP contribution >= 0.6 is 0 Å². The van der Waals surface area contributed by atoms with E-state index in [2.05, 4.69) is 11.3 Å². The van der Waals surface area contributed by atoms with Gasteiger partial charge in [-0.2, -0.15) is 17.6 Å². The van der Waals surface area contributed by atoms with E-state index < -0.39 is 29.3 Å². The Bertz CT molecular complexity index is 423. The molecule has 6 heteroatoms. The molecule has 0 fully saturated rings. The van der Waals surface area contributed by atoms with Gasteiger partial charge in [0.05, 0.1) is 5.56 Å². The molecule has 0 heterocycles. The highest BCUT2D eigenvalue weighted by Gasteiger charge is 2.34. The summed E-state index contributed by atoms with van der Waals surface area (Å²) < 4.78 is 53.6. The number of benzene rings is 1. The van der Waals surface area contributed by atoms with Crippen LogP contribution in [0.1, 0.15) is 5.56 Å². The summed E-state index contributed by atoms with van der Waals surface area (Å²) in [4.78, 5) is 10.7. The molecule has 86 valence electrons. The van der Waals surface area contributed by atoms with Crippen LogP contribution in [0.5, 0.6) is 5.75 Å². The largest absolute Gasteiger partial charge is 0.421 e. The van der Waals surface area contributed by atoms with Crippen molar-refractivity contribution in [2.24, 2.45) is 0 Å². The minimum Gasteiger partial charge on any atom is -0.421 e. The summed E-state index contributed by atoms with van der Waals surface area (Å²) in [5.74, 6) is -3.76. The molecule has 1 aromatic carbocycles. The lowest BCUT2D eigenvalue weighted by Gasteiger charge is -2.11. The van der Waals surface area contributed by atoms with E-state index in [4.69, 9.17) is 0 Å². The maximum Gasteiger partial charge on any atom is 0.419 e. The molecule has 0 bridgehead atoms. The van der Waals surface area contributed by atoms with Crippen molar-refractivity contribution in [1.82, 2.24) is 0 Å². The van der Waals surface area contributed by atoms with Gasteiger partial charge in [0.2, 0.25) is 5.83 Å². The number of ether oxygens (including phenoxy) is 1. The fraction of sp³-hybridized carbons (Fsp3) is 0.100. The van der Waals surface area contributed by atoms with Gasteiger partial charge in [-0.05, 0) is 12.1 Å². The summed E-state index contributed by atoms with van der Waals surface area (Å²) in [6, 6.07) is 4.01. The highest BCUT2D eigenvalue weighted by Crippen LogP contribution is 2.36. The summed E-state index contributed by atoms with van der Waals surface area (Å²) in [5, 5.41) is 0. The van der Waals surface area contributed by atoms with Crippen molar-refractivity contribution in [2.75, 3.05) is 0 Å². The second-order valence-corrected chi connectivity index (χ2v) is 2.79. The molecule has 16 heavy (non-hydrogen) atoms. The number of alkyl halides is 3. The molecule has 0 amide bonds. The van der Waals surface area contributed by atoms with E-state index in [-0.39, 0.29) is 0 Å².